The van der Waals surface area contributed by atoms with E-state index in [1.165, 1.54) is 6.21 Å². The summed E-state index contributed by atoms with van der Waals surface area (Å²) < 4.78 is 11.3. The van der Waals surface area contributed by atoms with Crippen LogP contribution in [0.15, 0.2) is 47.6 Å². The summed E-state index contributed by atoms with van der Waals surface area (Å²) in [5, 5.41) is 20.7. The van der Waals surface area contributed by atoms with Gasteiger partial charge in [0.2, 0.25) is 0 Å². The maximum Gasteiger partial charge on any atom is 0.161 e. The fourth-order valence-corrected chi connectivity index (χ4v) is 1.97. The Morgan fingerprint density at radius 2 is 2.00 bits per heavy atom. The molecule has 0 saturated heterocycles. The zero-order valence-electron chi connectivity index (χ0n) is 12.2. The first-order valence-corrected chi connectivity index (χ1v) is 6.83. The van der Waals surface area contributed by atoms with Crippen LogP contribution in [0, 0.1) is 11.3 Å². The summed E-state index contributed by atoms with van der Waals surface area (Å²) in [5.41, 5.74) is 2.11. The number of oxime groups is 1. The minimum Gasteiger partial charge on any atom is -0.490 e. The second-order valence-electron chi connectivity index (χ2n) is 4.44. The van der Waals surface area contributed by atoms with Gasteiger partial charge in [-0.25, -0.2) is 0 Å². The highest BCUT2D eigenvalue weighted by Crippen LogP contribution is 2.29. The molecule has 5 nitrogen and oxygen atoms in total. The molecule has 2 rings (SSSR count). The lowest BCUT2D eigenvalue weighted by atomic mass is 10.1. The molecule has 0 bridgehead atoms. The molecule has 2 aromatic carbocycles. The molecule has 0 aromatic heterocycles. The van der Waals surface area contributed by atoms with Crippen LogP contribution >= 0.6 is 0 Å². The van der Waals surface area contributed by atoms with E-state index in [0.29, 0.717) is 29.2 Å². The Kier molecular flexibility index (Phi) is 5.38. The fraction of sp³-hybridized carbons (Fsp3) is 0.176. The topological polar surface area (TPSA) is 74.8 Å². The van der Waals surface area contributed by atoms with Gasteiger partial charge in [0, 0.05) is 11.1 Å². The van der Waals surface area contributed by atoms with Gasteiger partial charge in [0.15, 0.2) is 11.5 Å². The van der Waals surface area contributed by atoms with Crippen LogP contribution < -0.4 is 9.47 Å². The molecule has 0 aliphatic heterocycles. The average Bonchev–Trinajstić information content (AvgIpc) is 2.55. The zero-order valence-corrected chi connectivity index (χ0v) is 12.2. The van der Waals surface area contributed by atoms with Crippen LogP contribution in [-0.2, 0) is 6.61 Å². The number of nitriles is 1. The number of hydrogen-bond donors (Lipinski definition) is 1. The van der Waals surface area contributed by atoms with Crippen LogP contribution in [0.4, 0.5) is 0 Å². The summed E-state index contributed by atoms with van der Waals surface area (Å²) in [5.74, 6) is 1.14. The van der Waals surface area contributed by atoms with Gasteiger partial charge in [-0.15, -0.1) is 0 Å². The highest BCUT2D eigenvalue weighted by Gasteiger charge is 2.08. The van der Waals surface area contributed by atoms with Gasteiger partial charge in [-0.2, -0.15) is 5.26 Å². The summed E-state index contributed by atoms with van der Waals surface area (Å²) in [6, 6.07) is 14.7. The number of hydrogen-bond acceptors (Lipinski definition) is 5. The normalized spacial score (nSPS) is 10.4. The number of nitrogens with zero attached hydrogens (tertiary/aromatic N) is 2. The van der Waals surface area contributed by atoms with Gasteiger partial charge in [0.25, 0.3) is 0 Å². The summed E-state index contributed by atoms with van der Waals surface area (Å²) >= 11 is 0. The molecular weight excluding hydrogens is 280 g/mol. The van der Waals surface area contributed by atoms with Gasteiger partial charge in [0.05, 0.1) is 24.5 Å². The quantitative estimate of drug-likeness (QED) is 0.504. The van der Waals surface area contributed by atoms with Crippen LogP contribution in [0.1, 0.15) is 23.6 Å². The Bertz CT molecular complexity index is 705. The molecule has 0 spiro atoms. The van der Waals surface area contributed by atoms with Crippen molar-refractivity contribution in [3.63, 3.8) is 0 Å². The summed E-state index contributed by atoms with van der Waals surface area (Å²) in [6.07, 6.45) is 1.32. The SMILES string of the molecule is CCOc1cc(/C=N/O)ccc1OCc1ccccc1C#N. The van der Waals surface area contributed by atoms with E-state index in [1.54, 1.807) is 24.3 Å². The van der Waals surface area contributed by atoms with Crippen molar-refractivity contribution in [2.45, 2.75) is 13.5 Å². The molecule has 0 radical (unpaired) electrons. The number of rotatable bonds is 6. The van der Waals surface area contributed by atoms with E-state index >= 15 is 0 Å². The van der Waals surface area contributed by atoms with Crippen molar-refractivity contribution in [3.8, 4) is 17.6 Å². The molecule has 0 aliphatic rings. The van der Waals surface area contributed by atoms with E-state index in [9.17, 15) is 0 Å². The smallest absolute Gasteiger partial charge is 0.161 e. The van der Waals surface area contributed by atoms with Crippen LogP contribution in [-0.4, -0.2) is 18.0 Å². The molecule has 2 aromatic rings. The van der Waals surface area contributed by atoms with E-state index < -0.39 is 0 Å². The van der Waals surface area contributed by atoms with Crippen molar-refractivity contribution in [2.24, 2.45) is 5.16 Å². The lowest BCUT2D eigenvalue weighted by molar-refractivity contribution is 0.269. The van der Waals surface area contributed by atoms with Crippen molar-refractivity contribution >= 4 is 6.21 Å². The molecule has 1 N–H and O–H groups in total. The third kappa shape index (κ3) is 3.76. The Balaban J connectivity index is 2.20. The van der Waals surface area contributed by atoms with Crippen molar-refractivity contribution in [1.29, 1.82) is 5.26 Å². The first-order valence-electron chi connectivity index (χ1n) is 6.83. The monoisotopic (exact) mass is 296 g/mol. The van der Waals surface area contributed by atoms with Crippen molar-refractivity contribution in [3.05, 3.63) is 59.2 Å². The van der Waals surface area contributed by atoms with Gasteiger partial charge in [-0.3, -0.25) is 0 Å². The van der Waals surface area contributed by atoms with Gasteiger partial charge in [-0.05, 0) is 31.2 Å². The van der Waals surface area contributed by atoms with Gasteiger partial charge >= 0.3 is 0 Å². The lowest BCUT2D eigenvalue weighted by Crippen LogP contribution is -2.01. The van der Waals surface area contributed by atoms with E-state index in [2.05, 4.69) is 11.2 Å². The Morgan fingerprint density at radius 3 is 2.73 bits per heavy atom. The third-order valence-corrected chi connectivity index (χ3v) is 3.00. The van der Waals surface area contributed by atoms with Crippen LogP contribution in [0.25, 0.3) is 0 Å². The molecule has 0 saturated carbocycles. The molecule has 22 heavy (non-hydrogen) atoms. The summed E-state index contributed by atoms with van der Waals surface area (Å²) in [7, 11) is 0. The van der Waals surface area contributed by atoms with Gasteiger partial charge in [0.1, 0.15) is 6.61 Å². The summed E-state index contributed by atoms with van der Waals surface area (Å²) in [4.78, 5) is 0. The highest BCUT2D eigenvalue weighted by atomic mass is 16.5. The van der Waals surface area contributed by atoms with Crippen molar-refractivity contribution < 1.29 is 14.7 Å². The van der Waals surface area contributed by atoms with Crippen LogP contribution in [0.3, 0.4) is 0 Å². The van der Waals surface area contributed by atoms with E-state index in [1.807, 2.05) is 25.1 Å². The molecule has 0 amide bonds. The molecule has 0 heterocycles. The lowest BCUT2D eigenvalue weighted by Gasteiger charge is -2.13. The predicted octanol–water partition coefficient (Wildman–Crippen LogP) is 3.34. The van der Waals surface area contributed by atoms with Crippen LogP contribution in [0.2, 0.25) is 0 Å². The Morgan fingerprint density at radius 1 is 1.18 bits per heavy atom. The first kappa shape index (κ1) is 15.4. The van der Waals surface area contributed by atoms with E-state index in [4.69, 9.17) is 19.9 Å². The Hall–Kier alpha value is -3.00. The molecule has 112 valence electrons. The second kappa shape index (κ2) is 7.70. The number of benzene rings is 2. The van der Waals surface area contributed by atoms with Crippen LogP contribution in [0.5, 0.6) is 11.5 Å². The molecule has 0 aliphatic carbocycles. The minimum atomic E-state index is 0.275. The summed E-state index contributed by atoms with van der Waals surface area (Å²) in [6.45, 7) is 2.64. The van der Waals surface area contributed by atoms with E-state index in [0.717, 1.165) is 5.56 Å². The molecule has 0 unspecified atom stereocenters. The third-order valence-electron chi connectivity index (χ3n) is 3.00. The zero-order chi connectivity index (χ0) is 15.8. The second-order valence-corrected chi connectivity index (χ2v) is 4.44. The molecule has 0 atom stereocenters. The van der Waals surface area contributed by atoms with Crippen molar-refractivity contribution in [1.82, 2.24) is 0 Å². The maximum absolute atomic E-state index is 9.08. The number of ether oxygens (including phenoxy) is 2. The highest BCUT2D eigenvalue weighted by molar-refractivity contribution is 5.80. The largest absolute Gasteiger partial charge is 0.490 e. The standard InChI is InChI=1S/C17H16N2O3/c1-2-21-17-9-13(11-19-20)7-8-16(17)22-12-15-6-4-3-5-14(15)10-18/h3-9,11,20H,2,12H2,1H3/b19-11+. The van der Waals surface area contributed by atoms with Crippen molar-refractivity contribution in [2.75, 3.05) is 6.61 Å². The molecule has 0 fully saturated rings. The average molecular weight is 296 g/mol. The molecule has 5 heteroatoms. The van der Waals surface area contributed by atoms with E-state index in [-0.39, 0.29) is 6.61 Å². The van der Waals surface area contributed by atoms with Gasteiger partial charge in [-0.1, -0.05) is 23.4 Å². The minimum absolute atomic E-state index is 0.275. The molecular formula is C17H16N2O3. The maximum atomic E-state index is 9.08. The van der Waals surface area contributed by atoms with Gasteiger partial charge < -0.3 is 14.7 Å². The first-order chi connectivity index (χ1) is 10.8. The Labute approximate surface area is 129 Å². The fourth-order valence-electron chi connectivity index (χ4n) is 1.97. The predicted molar refractivity (Wildman–Crippen MR) is 82.5 cm³/mol.